The Labute approximate surface area is 59.4 Å². The van der Waals surface area contributed by atoms with E-state index < -0.39 is 0 Å². The molecule has 0 fully saturated rings. The second-order valence-electron chi connectivity index (χ2n) is 1.94. The van der Waals surface area contributed by atoms with E-state index in [1.807, 2.05) is 6.92 Å². The molecule has 0 saturated heterocycles. The first-order valence-corrected chi connectivity index (χ1v) is 4.40. The molecule has 0 aromatic rings. The van der Waals surface area contributed by atoms with E-state index in [0.717, 1.165) is 0 Å². The second kappa shape index (κ2) is 5.79. The molecule has 0 aromatic heterocycles. The van der Waals surface area contributed by atoms with Crippen LogP contribution in [0.15, 0.2) is 23.9 Å². The summed E-state index contributed by atoms with van der Waals surface area (Å²) in [6.07, 6.45) is 3.89. The number of rotatable bonds is 4. The maximum Gasteiger partial charge on any atom is 0.188 e. The molecule has 0 bridgehead atoms. The van der Waals surface area contributed by atoms with Crippen molar-refractivity contribution < 1.29 is 4.43 Å². The molecular formula is C7H14OSi. The van der Waals surface area contributed by atoms with E-state index in [9.17, 15) is 0 Å². The number of hydrogen-bond acceptors (Lipinski definition) is 1. The van der Waals surface area contributed by atoms with Crippen LogP contribution < -0.4 is 0 Å². The van der Waals surface area contributed by atoms with Crippen LogP contribution >= 0.6 is 0 Å². The molecule has 0 aromatic carbocycles. The van der Waals surface area contributed by atoms with Crippen molar-refractivity contribution in [1.29, 1.82) is 0 Å². The largest absolute Gasteiger partial charge is 0.415 e. The van der Waals surface area contributed by atoms with Crippen LogP contribution in [0.4, 0.5) is 0 Å². The van der Waals surface area contributed by atoms with E-state index in [0.29, 0.717) is 6.61 Å². The summed E-state index contributed by atoms with van der Waals surface area (Å²) >= 11 is 0. The zero-order valence-corrected chi connectivity index (χ0v) is 7.60. The first-order chi connectivity index (χ1) is 4.31. The molecule has 0 spiro atoms. The summed E-state index contributed by atoms with van der Waals surface area (Å²) in [6.45, 7) is 8.41. The summed E-state index contributed by atoms with van der Waals surface area (Å²) in [5.74, 6) is 0. The van der Waals surface area contributed by atoms with Crippen molar-refractivity contribution in [3.05, 3.63) is 23.9 Å². The highest BCUT2D eigenvalue weighted by molar-refractivity contribution is 6.37. The zero-order valence-electron chi connectivity index (χ0n) is 6.18. The number of hydrogen-bond donors (Lipinski definition) is 0. The van der Waals surface area contributed by atoms with Crippen molar-refractivity contribution >= 4 is 9.76 Å². The van der Waals surface area contributed by atoms with Gasteiger partial charge in [-0.25, -0.2) is 0 Å². The van der Waals surface area contributed by atoms with Gasteiger partial charge >= 0.3 is 0 Å². The SMILES string of the molecule is C=CCO[SiH2]C(C)=CC. The Bertz CT molecular complexity index is 107. The second-order valence-corrected chi connectivity index (χ2v) is 3.75. The average Bonchev–Trinajstić information content (AvgIpc) is 1.89. The highest BCUT2D eigenvalue weighted by Gasteiger charge is 1.85. The van der Waals surface area contributed by atoms with E-state index in [4.69, 9.17) is 4.43 Å². The molecule has 0 unspecified atom stereocenters. The fourth-order valence-corrected chi connectivity index (χ4v) is 1.16. The Morgan fingerprint density at radius 1 is 1.78 bits per heavy atom. The quantitative estimate of drug-likeness (QED) is 0.325. The Hall–Kier alpha value is -0.343. The molecule has 0 atom stereocenters. The molecule has 9 heavy (non-hydrogen) atoms. The summed E-state index contributed by atoms with van der Waals surface area (Å²) < 4.78 is 5.29. The first-order valence-electron chi connectivity index (χ1n) is 3.11. The highest BCUT2D eigenvalue weighted by Crippen LogP contribution is 1.88. The van der Waals surface area contributed by atoms with Crippen molar-refractivity contribution in [3.63, 3.8) is 0 Å². The van der Waals surface area contributed by atoms with Gasteiger partial charge in [-0.15, -0.1) is 6.58 Å². The minimum Gasteiger partial charge on any atom is -0.415 e. The lowest BCUT2D eigenvalue weighted by molar-refractivity contribution is 0.390. The van der Waals surface area contributed by atoms with Crippen LogP contribution in [0.2, 0.25) is 0 Å². The van der Waals surface area contributed by atoms with Crippen molar-refractivity contribution in [1.82, 2.24) is 0 Å². The lowest BCUT2D eigenvalue weighted by atomic mass is 10.6. The first kappa shape index (κ1) is 8.66. The van der Waals surface area contributed by atoms with Crippen LogP contribution in [0, 0.1) is 0 Å². The Balaban J connectivity index is 3.17. The third kappa shape index (κ3) is 5.53. The van der Waals surface area contributed by atoms with Gasteiger partial charge in [-0.05, 0) is 13.8 Å². The Morgan fingerprint density at radius 2 is 2.44 bits per heavy atom. The predicted molar refractivity (Wildman–Crippen MR) is 44.1 cm³/mol. The molecule has 0 N–H and O–H groups in total. The van der Waals surface area contributed by atoms with Gasteiger partial charge < -0.3 is 4.43 Å². The van der Waals surface area contributed by atoms with Gasteiger partial charge in [-0.3, -0.25) is 0 Å². The van der Waals surface area contributed by atoms with Gasteiger partial charge in [-0.1, -0.05) is 17.3 Å². The third-order valence-corrected chi connectivity index (χ3v) is 2.36. The van der Waals surface area contributed by atoms with Gasteiger partial charge in [0.05, 0.1) is 6.61 Å². The molecule has 0 aliphatic rings. The molecule has 0 amide bonds. The highest BCUT2D eigenvalue weighted by atomic mass is 28.2. The van der Waals surface area contributed by atoms with E-state index in [2.05, 4.69) is 19.6 Å². The van der Waals surface area contributed by atoms with Gasteiger partial charge in [0.25, 0.3) is 0 Å². The minimum atomic E-state index is -0.385. The van der Waals surface area contributed by atoms with Crippen LogP contribution in [0.3, 0.4) is 0 Å². The fraction of sp³-hybridized carbons (Fsp3) is 0.429. The summed E-state index contributed by atoms with van der Waals surface area (Å²) in [5.41, 5.74) is 0. The maximum atomic E-state index is 5.29. The molecule has 1 nitrogen and oxygen atoms in total. The van der Waals surface area contributed by atoms with Crippen LogP contribution in [0.25, 0.3) is 0 Å². The van der Waals surface area contributed by atoms with Crippen molar-refractivity contribution in [2.75, 3.05) is 6.61 Å². The average molecular weight is 142 g/mol. The lowest BCUT2D eigenvalue weighted by Crippen LogP contribution is -1.99. The van der Waals surface area contributed by atoms with Gasteiger partial charge in [0, 0.05) is 0 Å². The maximum absolute atomic E-state index is 5.29. The standard InChI is InChI=1S/C7H14OSi/c1-4-6-8-9-7(3)5-2/h4-5H,1,6,9H2,2-3H3. The molecule has 0 aliphatic heterocycles. The summed E-state index contributed by atoms with van der Waals surface area (Å²) in [5, 5.41) is 1.40. The normalized spacial score (nSPS) is 12.9. The fourth-order valence-electron chi connectivity index (χ4n) is 0.387. The van der Waals surface area contributed by atoms with Crippen LogP contribution in [0.5, 0.6) is 0 Å². The van der Waals surface area contributed by atoms with E-state index in [1.165, 1.54) is 5.20 Å². The van der Waals surface area contributed by atoms with Crippen LogP contribution in [-0.2, 0) is 4.43 Å². The summed E-state index contributed by atoms with van der Waals surface area (Å²) in [4.78, 5) is 0. The number of allylic oxidation sites excluding steroid dienone is 2. The van der Waals surface area contributed by atoms with E-state index in [1.54, 1.807) is 6.08 Å². The van der Waals surface area contributed by atoms with Crippen molar-refractivity contribution in [2.24, 2.45) is 0 Å². The molecule has 2 heteroatoms. The third-order valence-electron chi connectivity index (χ3n) is 1.06. The van der Waals surface area contributed by atoms with Crippen molar-refractivity contribution in [3.8, 4) is 0 Å². The van der Waals surface area contributed by atoms with Gasteiger partial charge in [0.2, 0.25) is 0 Å². The predicted octanol–water partition coefficient (Wildman–Crippen LogP) is 1.20. The molecule has 52 valence electrons. The van der Waals surface area contributed by atoms with Crippen LogP contribution in [0.1, 0.15) is 13.8 Å². The Morgan fingerprint density at radius 3 is 2.89 bits per heavy atom. The zero-order chi connectivity index (χ0) is 7.11. The monoisotopic (exact) mass is 142 g/mol. The van der Waals surface area contributed by atoms with E-state index in [-0.39, 0.29) is 9.76 Å². The summed E-state index contributed by atoms with van der Waals surface area (Å²) in [7, 11) is -0.385. The minimum absolute atomic E-state index is 0.385. The molecule has 0 rings (SSSR count). The Kier molecular flexibility index (Phi) is 5.57. The van der Waals surface area contributed by atoms with Gasteiger partial charge in [0.1, 0.15) is 0 Å². The molecular weight excluding hydrogens is 128 g/mol. The van der Waals surface area contributed by atoms with Gasteiger partial charge in [-0.2, -0.15) is 0 Å². The lowest BCUT2D eigenvalue weighted by Gasteiger charge is -1.97. The van der Waals surface area contributed by atoms with E-state index >= 15 is 0 Å². The smallest absolute Gasteiger partial charge is 0.188 e. The molecule has 0 aliphatic carbocycles. The van der Waals surface area contributed by atoms with Gasteiger partial charge in [0.15, 0.2) is 9.76 Å². The summed E-state index contributed by atoms with van der Waals surface area (Å²) in [6, 6.07) is 0. The van der Waals surface area contributed by atoms with Crippen LogP contribution in [-0.4, -0.2) is 16.4 Å². The molecule has 0 radical (unpaired) electrons. The van der Waals surface area contributed by atoms with Crippen molar-refractivity contribution in [2.45, 2.75) is 13.8 Å². The molecule has 0 heterocycles. The molecule has 0 saturated carbocycles. The topological polar surface area (TPSA) is 9.23 Å².